The Kier molecular flexibility index (Phi) is 7.80. The minimum atomic E-state index is -0.663. The molecule has 0 heterocycles. The Morgan fingerprint density at radius 3 is 2.33 bits per heavy atom. The predicted octanol–water partition coefficient (Wildman–Crippen LogP) is 3.33. The van der Waals surface area contributed by atoms with Crippen molar-refractivity contribution in [3.63, 3.8) is 0 Å². The average molecular weight is 445 g/mol. The number of methoxy groups -OCH3 is 2. The first-order chi connectivity index (χ1) is 16.0. The topological polar surface area (TPSA) is 109 Å². The molecule has 0 atom stereocenters. The second kappa shape index (κ2) is 11.1. The van der Waals surface area contributed by atoms with Gasteiger partial charge in [0.1, 0.15) is 22.9 Å². The fourth-order valence-corrected chi connectivity index (χ4v) is 2.85. The lowest BCUT2D eigenvalue weighted by molar-refractivity contribution is -0.117. The monoisotopic (exact) mass is 445 g/mol. The third-order valence-electron chi connectivity index (χ3n) is 4.58. The van der Waals surface area contributed by atoms with E-state index in [1.165, 1.54) is 32.6 Å². The number of nitrogens with one attached hydrogen (secondary N) is 2. The number of phenolic OH excluding ortho intramolecular Hbond substituents is 1. The van der Waals surface area contributed by atoms with E-state index in [-0.39, 0.29) is 11.4 Å². The summed E-state index contributed by atoms with van der Waals surface area (Å²) in [5.41, 5.74) is 3.66. The summed E-state index contributed by atoms with van der Waals surface area (Å²) >= 11 is 0. The van der Waals surface area contributed by atoms with Crippen LogP contribution in [0.5, 0.6) is 17.2 Å². The first kappa shape index (κ1) is 23.1. The van der Waals surface area contributed by atoms with E-state index >= 15 is 0 Å². The van der Waals surface area contributed by atoms with Gasteiger partial charge in [-0.15, -0.1) is 0 Å². The molecule has 0 fully saturated rings. The molecule has 8 nitrogen and oxygen atoms in total. The van der Waals surface area contributed by atoms with Gasteiger partial charge in [-0.1, -0.05) is 30.3 Å². The normalized spacial score (nSPS) is 11.2. The van der Waals surface area contributed by atoms with E-state index in [0.29, 0.717) is 28.2 Å². The highest BCUT2D eigenvalue weighted by atomic mass is 16.5. The van der Waals surface area contributed by atoms with Gasteiger partial charge in [0.25, 0.3) is 11.8 Å². The van der Waals surface area contributed by atoms with Crippen molar-refractivity contribution in [1.82, 2.24) is 10.7 Å². The number of benzene rings is 3. The standard InChI is InChI=1S/C25H23N3O5/c1-32-20-13-12-18(23(15-20)33-2)14-21(27-24(30)17-8-4-3-5-9-17)25(31)28-26-16-19-10-6-7-11-22(19)29/h3-16,29H,1-2H3,(H,27,30)(H,28,31)/b21-14+,26-16+. The maximum Gasteiger partial charge on any atom is 0.287 e. The number of aromatic hydroxyl groups is 1. The SMILES string of the molecule is COc1ccc(/C=C(/NC(=O)c2ccccc2)C(=O)N/N=C/c2ccccc2O)c(OC)c1. The maximum absolute atomic E-state index is 12.9. The van der Waals surface area contributed by atoms with E-state index in [1.54, 1.807) is 66.7 Å². The van der Waals surface area contributed by atoms with Crippen molar-refractivity contribution in [1.29, 1.82) is 0 Å². The van der Waals surface area contributed by atoms with Crippen molar-refractivity contribution >= 4 is 24.1 Å². The minimum Gasteiger partial charge on any atom is -0.507 e. The highest BCUT2D eigenvalue weighted by Gasteiger charge is 2.16. The third kappa shape index (κ3) is 6.20. The quantitative estimate of drug-likeness (QED) is 0.280. The highest BCUT2D eigenvalue weighted by molar-refractivity contribution is 6.05. The molecule has 3 rings (SSSR count). The van der Waals surface area contributed by atoms with Gasteiger partial charge in [0.15, 0.2) is 0 Å². The predicted molar refractivity (Wildman–Crippen MR) is 125 cm³/mol. The zero-order valence-electron chi connectivity index (χ0n) is 18.1. The largest absolute Gasteiger partial charge is 0.507 e. The van der Waals surface area contributed by atoms with E-state index in [0.717, 1.165) is 0 Å². The molecule has 2 amide bonds. The van der Waals surface area contributed by atoms with Crippen LogP contribution >= 0.6 is 0 Å². The van der Waals surface area contributed by atoms with Crippen molar-refractivity contribution in [3.8, 4) is 17.2 Å². The van der Waals surface area contributed by atoms with Gasteiger partial charge in [0.05, 0.1) is 20.4 Å². The molecule has 0 aromatic heterocycles. The van der Waals surface area contributed by atoms with E-state index in [1.807, 2.05) is 0 Å². The zero-order chi connectivity index (χ0) is 23.6. The molecular formula is C25H23N3O5. The van der Waals surface area contributed by atoms with Gasteiger partial charge in [0.2, 0.25) is 0 Å². The van der Waals surface area contributed by atoms with Crippen LogP contribution in [0.4, 0.5) is 0 Å². The number of carbonyl (C=O) groups excluding carboxylic acids is 2. The Bertz CT molecular complexity index is 1190. The van der Waals surface area contributed by atoms with Crippen LogP contribution in [0, 0.1) is 0 Å². The molecule has 0 bridgehead atoms. The van der Waals surface area contributed by atoms with Crippen LogP contribution in [0.3, 0.4) is 0 Å². The summed E-state index contributed by atoms with van der Waals surface area (Å²) in [5.74, 6) is -0.0773. The summed E-state index contributed by atoms with van der Waals surface area (Å²) in [6, 6.07) is 20.1. The van der Waals surface area contributed by atoms with Crippen LogP contribution in [0.15, 0.2) is 83.6 Å². The number of hydrogen-bond acceptors (Lipinski definition) is 6. The van der Waals surface area contributed by atoms with Gasteiger partial charge in [-0.25, -0.2) is 5.43 Å². The Morgan fingerprint density at radius 1 is 0.909 bits per heavy atom. The van der Waals surface area contributed by atoms with E-state index in [9.17, 15) is 14.7 Å². The molecule has 0 unspecified atom stereocenters. The summed E-state index contributed by atoms with van der Waals surface area (Å²) in [6.45, 7) is 0. The number of ether oxygens (including phenoxy) is 2. The second-order valence-corrected chi connectivity index (χ2v) is 6.74. The molecule has 168 valence electrons. The van der Waals surface area contributed by atoms with Crippen LogP contribution in [0.25, 0.3) is 6.08 Å². The average Bonchev–Trinajstić information content (AvgIpc) is 2.85. The van der Waals surface area contributed by atoms with Crippen molar-refractivity contribution in [2.24, 2.45) is 5.10 Å². The molecule has 0 saturated carbocycles. The Labute approximate surface area is 191 Å². The lowest BCUT2D eigenvalue weighted by atomic mass is 10.1. The lowest BCUT2D eigenvalue weighted by Crippen LogP contribution is -2.32. The molecule has 8 heteroatoms. The number of nitrogens with zero attached hydrogens (tertiary/aromatic N) is 1. The summed E-state index contributed by atoms with van der Waals surface area (Å²) in [4.78, 5) is 25.6. The van der Waals surface area contributed by atoms with Gasteiger partial charge in [-0.2, -0.15) is 5.10 Å². The molecule has 0 aliphatic rings. The Balaban J connectivity index is 1.89. The molecule has 0 spiro atoms. The summed E-state index contributed by atoms with van der Waals surface area (Å²) in [7, 11) is 3.02. The number of amides is 2. The van der Waals surface area contributed by atoms with Gasteiger partial charge >= 0.3 is 0 Å². The van der Waals surface area contributed by atoms with Crippen LogP contribution < -0.4 is 20.2 Å². The molecule has 0 aliphatic carbocycles. The molecule has 3 aromatic carbocycles. The Hall–Kier alpha value is -4.59. The van der Waals surface area contributed by atoms with Crippen molar-refractivity contribution in [2.45, 2.75) is 0 Å². The van der Waals surface area contributed by atoms with Crippen LogP contribution in [0.2, 0.25) is 0 Å². The van der Waals surface area contributed by atoms with Gasteiger partial charge in [-0.05, 0) is 42.5 Å². The van der Waals surface area contributed by atoms with Crippen molar-refractivity contribution < 1.29 is 24.2 Å². The van der Waals surface area contributed by atoms with E-state index < -0.39 is 11.8 Å². The lowest BCUT2D eigenvalue weighted by Gasteiger charge is -2.11. The fraction of sp³-hybridized carbons (Fsp3) is 0.0800. The molecule has 33 heavy (non-hydrogen) atoms. The van der Waals surface area contributed by atoms with E-state index in [2.05, 4.69) is 15.8 Å². The molecule has 3 N–H and O–H groups in total. The minimum absolute atomic E-state index is 0.0200. The number of hydrazone groups is 1. The van der Waals surface area contributed by atoms with Gasteiger partial charge < -0.3 is 19.9 Å². The Morgan fingerprint density at radius 2 is 1.64 bits per heavy atom. The molecular weight excluding hydrogens is 422 g/mol. The summed E-state index contributed by atoms with van der Waals surface area (Å²) in [6.07, 6.45) is 2.78. The molecule has 0 aliphatic heterocycles. The van der Waals surface area contributed by atoms with Gasteiger partial charge in [-0.3, -0.25) is 9.59 Å². The zero-order valence-corrected chi connectivity index (χ0v) is 18.1. The molecule has 0 saturated heterocycles. The number of hydrogen-bond donors (Lipinski definition) is 3. The number of carbonyl (C=O) groups is 2. The maximum atomic E-state index is 12.9. The third-order valence-corrected chi connectivity index (χ3v) is 4.58. The molecule has 0 radical (unpaired) electrons. The number of para-hydroxylation sites is 1. The first-order valence-electron chi connectivity index (χ1n) is 9.93. The van der Waals surface area contributed by atoms with Crippen LogP contribution in [-0.4, -0.2) is 37.4 Å². The molecule has 3 aromatic rings. The van der Waals surface area contributed by atoms with E-state index in [4.69, 9.17) is 9.47 Å². The fourth-order valence-electron chi connectivity index (χ4n) is 2.85. The summed E-state index contributed by atoms with van der Waals surface area (Å²) in [5, 5.41) is 16.3. The second-order valence-electron chi connectivity index (χ2n) is 6.74. The highest BCUT2D eigenvalue weighted by Crippen LogP contribution is 2.26. The number of phenols is 1. The summed E-state index contributed by atoms with van der Waals surface area (Å²) < 4.78 is 10.6. The van der Waals surface area contributed by atoms with Crippen molar-refractivity contribution in [3.05, 3.63) is 95.2 Å². The van der Waals surface area contributed by atoms with Crippen LogP contribution in [-0.2, 0) is 4.79 Å². The smallest absolute Gasteiger partial charge is 0.287 e. The number of rotatable bonds is 8. The van der Waals surface area contributed by atoms with Gasteiger partial charge in [0, 0.05) is 22.8 Å². The first-order valence-corrected chi connectivity index (χ1v) is 9.93. The van der Waals surface area contributed by atoms with Crippen LogP contribution in [0.1, 0.15) is 21.5 Å². The van der Waals surface area contributed by atoms with Crippen molar-refractivity contribution in [2.75, 3.05) is 14.2 Å².